The minimum absolute atomic E-state index is 0.0148. The molecule has 3 aromatic carbocycles. The maximum absolute atomic E-state index is 13.7. The minimum Gasteiger partial charge on any atom is -0.497 e. The third-order valence-electron chi connectivity index (χ3n) is 6.87. The number of para-hydroxylation sites is 1. The van der Waals surface area contributed by atoms with Gasteiger partial charge < -0.3 is 19.5 Å². The van der Waals surface area contributed by atoms with Gasteiger partial charge >= 0.3 is 0 Å². The molecule has 0 saturated carbocycles. The quantitative estimate of drug-likeness (QED) is 0.253. The molecule has 4 aromatic rings. The lowest BCUT2D eigenvalue weighted by atomic mass is 10.1. The van der Waals surface area contributed by atoms with Gasteiger partial charge in [0.15, 0.2) is 0 Å². The molecule has 0 aliphatic rings. The number of benzene rings is 3. The molecule has 0 aliphatic carbocycles. The van der Waals surface area contributed by atoms with Gasteiger partial charge in [0, 0.05) is 36.7 Å². The first kappa shape index (κ1) is 27.0. The van der Waals surface area contributed by atoms with Crippen molar-refractivity contribution in [3.05, 3.63) is 102 Å². The second-order valence-electron chi connectivity index (χ2n) is 9.60. The van der Waals surface area contributed by atoms with Crippen LogP contribution in [0.25, 0.3) is 10.9 Å². The van der Waals surface area contributed by atoms with Crippen molar-refractivity contribution in [2.24, 2.45) is 0 Å². The number of hydrogen-bond donors (Lipinski definition) is 1. The monoisotopic (exact) mass is 511 g/mol. The third-order valence-corrected chi connectivity index (χ3v) is 6.87. The molecular weight excluding hydrogens is 474 g/mol. The standard InChI is InChI=1S/C32H37N3O3/c1-3-4-19-34(31(36)21-25-10-6-5-7-11-25)24-32(37)35(23-26-14-16-28(38-2)17-15-26)20-18-27-22-33-30-13-9-8-12-29(27)30/h5-17,22,33H,3-4,18-21,23-24H2,1-2H3. The molecule has 0 unspecified atom stereocenters. The smallest absolute Gasteiger partial charge is 0.242 e. The van der Waals surface area contributed by atoms with Crippen LogP contribution in [0.2, 0.25) is 0 Å². The van der Waals surface area contributed by atoms with E-state index in [0.29, 0.717) is 26.1 Å². The number of H-pyrrole nitrogens is 1. The molecule has 2 amide bonds. The molecule has 38 heavy (non-hydrogen) atoms. The highest BCUT2D eigenvalue weighted by molar-refractivity contribution is 5.86. The maximum Gasteiger partial charge on any atom is 0.242 e. The van der Waals surface area contributed by atoms with Crippen LogP contribution in [0.1, 0.15) is 36.5 Å². The number of ether oxygens (including phenoxy) is 1. The van der Waals surface area contributed by atoms with Crippen LogP contribution in [0.5, 0.6) is 5.75 Å². The molecule has 0 saturated heterocycles. The van der Waals surface area contributed by atoms with Crippen LogP contribution in [-0.2, 0) is 29.0 Å². The lowest BCUT2D eigenvalue weighted by Crippen LogP contribution is -2.44. The molecule has 0 fully saturated rings. The average molecular weight is 512 g/mol. The summed E-state index contributed by atoms with van der Waals surface area (Å²) in [6, 6.07) is 25.7. The van der Waals surface area contributed by atoms with Crippen LogP contribution < -0.4 is 4.74 Å². The van der Waals surface area contributed by atoms with E-state index < -0.39 is 0 Å². The molecule has 0 atom stereocenters. The summed E-state index contributed by atoms with van der Waals surface area (Å²) in [5, 5.41) is 1.17. The number of nitrogens with one attached hydrogen (secondary N) is 1. The van der Waals surface area contributed by atoms with Gasteiger partial charge in [-0.05, 0) is 47.7 Å². The average Bonchev–Trinajstić information content (AvgIpc) is 3.37. The first-order valence-corrected chi connectivity index (χ1v) is 13.3. The van der Waals surface area contributed by atoms with E-state index in [1.807, 2.05) is 77.8 Å². The number of carbonyl (C=O) groups is 2. The molecule has 0 spiro atoms. The summed E-state index contributed by atoms with van der Waals surface area (Å²) in [4.78, 5) is 33.9. The number of nitrogens with zero attached hydrogens (tertiary/aromatic N) is 2. The fourth-order valence-corrected chi connectivity index (χ4v) is 4.62. The van der Waals surface area contributed by atoms with E-state index in [0.717, 1.165) is 41.7 Å². The van der Waals surface area contributed by atoms with Crippen LogP contribution in [0.4, 0.5) is 0 Å². The second-order valence-corrected chi connectivity index (χ2v) is 9.60. The second kappa shape index (κ2) is 13.5. The van der Waals surface area contributed by atoms with E-state index in [2.05, 4.69) is 24.0 Å². The van der Waals surface area contributed by atoms with E-state index in [4.69, 9.17) is 4.74 Å². The van der Waals surface area contributed by atoms with Crippen molar-refractivity contribution in [3.8, 4) is 5.75 Å². The number of aromatic amines is 1. The highest BCUT2D eigenvalue weighted by Crippen LogP contribution is 2.20. The lowest BCUT2D eigenvalue weighted by Gasteiger charge is -2.28. The van der Waals surface area contributed by atoms with E-state index >= 15 is 0 Å². The molecule has 1 aromatic heterocycles. The van der Waals surface area contributed by atoms with E-state index in [-0.39, 0.29) is 18.4 Å². The Hall–Kier alpha value is -4.06. The van der Waals surface area contributed by atoms with Gasteiger partial charge in [0.25, 0.3) is 0 Å². The van der Waals surface area contributed by atoms with Gasteiger partial charge in [-0.1, -0.05) is 74.0 Å². The zero-order valence-electron chi connectivity index (χ0n) is 22.4. The number of aromatic nitrogens is 1. The Morgan fingerprint density at radius 1 is 0.816 bits per heavy atom. The van der Waals surface area contributed by atoms with Gasteiger partial charge in [0.1, 0.15) is 5.75 Å². The summed E-state index contributed by atoms with van der Waals surface area (Å²) in [5.74, 6) is 0.722. The first-order chi connectivity index (χ1) is 18.6. The van der Waals surface area contributed by atoms with Crippen molar-refractivity contribution in [2.45, 2.75) is 39.2 Å². The van der Waals surface area contributed by atoms with Gasteiger partial charge in [-0.25, -0.2) is 0 Å². The van der Waals surface area contributed by atoms with Crippen LogP contribution in [-0.4, -0.2) is 53.3 Å². The van der Waals surface area contributed by atoms with Crippen molar-refractivity contribution >= 4 is 22.7 Å². The Kier molecular flexibility index (Phi) is 9.57. The van der Waals surface area contributed by atoms with Crippen molar-refractivity contribution in [2.75, 3.05) is 26.7 Å². The van der Waals surface area contributed by atoms with Crippen LogP contribution in [0, 0.1) is 0 Å². The topological polar surface area (TPSA) is 65.6 Å². The van der Waals surface area contributed by atoms with Crippen LogP contribution in [0.3, 0.4) is 0 Å². The predicted molar refractivity (Wildman–Crippen MR) is 152 cm³/mol. The summed E-state index contributed by atoms with van der Waals surface area (Å²) < 4.78 is 5.30. The molecule has 198 valence electrons. The summed E-state index contributed by atoms with van der Waals surface area (Å²) in [5.41, 5.74) is 4.25. The fourth-order valence-electron chi connectivity index (χ4n) is 4.62. The molecule has 0 aliphatic heterocycles. The van der Waals surface area contributed by atoms with Gasteiger partial charge in [-0.15, -0.1) is 0 Å². The van der Waals surface area contributed by atoms with Gasteiger partial charge in [-0.2, -0.15) is 0 Å². The normalized spacial score (nSPS) is 10.9. The minimum atomic E-state index is -0.0434. The summed E-state index contributed by atoms with van der Waals surface area (Å²) in [7, 11) is 1.64. The van der Waals surface area contributed by atoms with Crippen LogP contribution >= 0.6 is 0 Å². The largest absolute Gasteiger partial charge is 0.497 e. The Bertz CT molecular complexity index is 1310. The van der Waals surface area contributed by atoms with Crippen molar-refractivity contribution < 1.29 is 14.3 Å². The SMILES string of the molecule is CCCCN(CC(=O)N(CCc1c[nH]c2ccccc12)Cc1ccc(OC)cc1)C(=O)Cc1ccccc1. The van der Waals surface area contributed by atoms with Gasteiger partial charge in [-0.3, -0.25) is 9.59 Å². The van der Waals surface area contributed by atoms with Crippen LogP contribution in [0.15, 0.2) is 85.1 Å². The van der Waals surface area contributed by atoms with Crippen molar-refractivity contribution in [1.82, 2.24) is 14.8 Å². The Morgan fingerprint density at radius 3 is 2.29 bits per heavy atom. The lowest BCUT2D eigenvalue weighted by molar-refractivity contribution is -0.140. The third kappa shape index (κ3) is 7.25. The highest BCUT2D eigenvalue weighted by atomic mass is 16.5. The number of rotatable bonds is 13. The van der Waals surface area contributed by atoms with Gasteiger partial charge in [0.2, 0.25) is 11.8 Å². The number of methoxy groups -OCH3 is 1. The summed E-state index contributed by atoms with van der Waals surface area (Å²) in [6.07, 6.45) is 4.86. The molecule has 0 bridgehead atoms. The Morgan fingerprint density at radius 2 is 1.55 bits per heavy atom. The molecule has 4 rings (SSSR count). The van der Waals surface area contributed by atoms with Gasteiger partial charge in [0.05, 0.1) is 20.1 Å². The Labute approximate surface area is 225 Å². The summed E-state index contributed by atoms with van der Waals surface area (Å²) >= 11 is 0. The molecular formula is C32H37N3O3. The Balaban J connectivity index is 1.50. The van der Waals surface area contributed by atoms with E-state index in [9.17, 15) is 9.59 Å². The van der Waals surface area contributed by atoms with Crippen molar-refractivity contribution in [3.63, 3.8) is 0 Å². The molecule has 6 heteroatoms. The highest BCUT2D eigenvalue weighted by Gasteiger charge is 2.22. The van der Waals surface area contributed by atoms with E-state index in [1.165, 1.54) is 10.9 Å². The molecule has 1 N–H and O–H groups in total. The maximum atomic E-state index is 13.7. The molecule has 6 nitrogen and oxygen atoms in total. The molecule has 1 heterocycles. The number of unbranched alkanes of at least 4 members (excludes halogenated alkanes) is 1. The number of fused-ring (bicyclic) bond motifs is 1. The first-order valence-electron chi connectivity index (χ1n) is 13.3. The zero-order chi connectivity index (χ0) is 26.7. The summed E-state index contributed by atoms with van der Waals surface area (Å²) in [6.45, 7) is 3.78. The van der Waals surface area contributed by atoms with E-state index in [1.54, 1.807) is 12.0 Å². The number of amides is 2. The van der Waals surface area contributed by atoms with Crippen molar-refractivity contribution in [1.29, 1.82) is 0 Å². The fraction of sp³-hybridized carbons (Fsp3) is 0.312. The number of carbonyl (C=O) groups excluding carboxylic acids is 2. The molecule has 0 radical (unpaired) electrons. The number of hydrogen-bond acceptors (Lipinski definition) is 3. The predicted octanol–water partition coefficient (Wildman–Crippen LogP) is 5.62. The zero-order valence-corrected chi connectivity index (χ0v) is 22.4.